The Morgan fingerprint density at radius 3 is 2.67 bits per heavy atom. The fourth-order valence-corrected chi connectivity index (χ4v) is 1.73. The molecule has 0 unspecified atom stereocenters. The molecule has 0 bridgehead atoms. The van der Waals surface area contributed by atoms with E-state index in [1.165, 1.54) is 7.11 Å². The molecule has 0 saturated heterocycles. The second kappa shape index (κ2) is 8.41. The highest BCUT2D eigenvalue weighted by Gasteiger charge is 2.18. The van der Waals surface area contributed by atoms with Crippen molar-refractivity contribution in [3.05, 3.63) is 23.8 Å². The topological polar surface area (TPSA) is 59.0 Å². The molecule has 21 heavy (non-hydrogen) atoms. The van der Waals surface area contributed by atoms with Gasteiger partial charge in [-0.05, 0) is 24.6 Å². The van der Waals surface area contributed by atoms with Crippen LogP contribution in [0, 0.1) is 6.92 Å². The number of carbonyl (C=O) groups excluding carboxylic acids is 1. The lowest BCUT2D eigenvalue weighted by atomic mass is 10.2. The lowest BCUT2D eigenvalue weighted by Crippen LogP contribution is -2.40. The van der Waals surface area contributed by atoms with E-state index in [4.69, 9.17) is 14.6 Å². The van der Waals surface area contributed by atoms with Gasteiger partial charge in [-0.1, -0.05) is 6.07 Å². The number of aryl methyl sites for hydroxylation is 1. The van der Waals surface area contributed by atoms with Gasteiger partial charge in [-0.3, -0.25) is 4.79 Å². The summed E-state index contributed by atoms with van der Waals surface area (Å²) in [5, 5.41) is 8.80. The van der Waals surface area contributed by atoms with Crippen LogP contribution in [-0.2, 0) is 4.79 Å². The Morgan fingerprint density at radius 2 is 2.10 bits per heavy atom. The average molecular weight is 303 g/mol. The summed E-state index contributed by atoms with van der Waals surface area (Å²) in [6.45, 7) is 0.215. The molecule has 7 heteroatoms. The minimum atomic E-state index is -2.66. The van der Waals surface area contributed by atoms with Crippen LogP contribution in [0.1, 0.15) is 5.56 Å². The number of nitrogens with zero attached hydrogens (tertiary/aromatic N) is 1. The molecule has 1 aromatic carbocycles. The predicted octanol–water partition coefficient (Wildman–Crippen LogP) is 1.47. The third-order valence-electron chi connectivity index (χ3n) is 2.75. The highest BCUT2D eigenvalue weighted by Crippen LogP contribution is 2.27. The molecule has 0 aliphatic carbocycles. The maximum absolute atomic E-state index is 12.4. The van der Waals surface area contributed by atoms with Crippen molar-refractivity contribution in [2.45, 2.75) is 13.3 Å². The Kier molecular flexibility index (Phi) is 6.87. The first kappa shape index (κ1) is 17.2. The van der Waals surface area contributed by atoms with Gasteiger partial charge >= 0.3 is 0 Å². The standard InChI is InChI=1S/C14H19F2NO4/c1-10-3-4-11(12(7-10)20-2)21-9-14(19)17(5-6-18)8-13(15)16/h3-4,7,13,18H,5-6,8-9H2,1-2H3. The Labute approximate surface area is 122 Å². The molecule has 1 aromatic rings. The van der Waals surface area contributed by atoms with Gasteiger partial charge in [-0.25, -0.2) is 8.78 Å². The third kappa shape index (κ3) is 5.55. The summed E-state index contributed by atoms with van der Waals surface area (Å²) in [5.74, 6) is 0.204. The average Bonchev–Trinajstić information content (AvgIpc) is 2.44. The van der Waals surface area contributed by atoms with Crippen molar-refractivity contribution in [1.29, 1.82) is 0 Å². The number of amides is 1. The normalized spacial score (nSPS) is 10.6. The van der Waals surface area contributed by atoms with Crippen LogP contribution in [0.25, 0.3) is 0 Å². The zero-order valence-electron chi connectivity index (χ0n) is 12.0. The fourth-order valence-electron chi connectivity index (χ4n) is 1.73. The molecule has 1 N–H and O–H groups in total. The number of hydrogen-bond acceptors (Lipinski definition) is 4. The quantitative estimate of drug-likeness (QED) is 0.790. The van der Waals surface area contributed by atoms with Crippen molar-refractivity contribution in [3.63, 3.8) is 0 Å². The molecule has 0 radical (unpaired) electrons. The molecule has 0 aliphatic rings. The molecule has 0 atom stereocenters. The van der Waals surface area contributed by atoms with Crippen molar-refractivity contribution < 1.29 is 28.2 Å². The third-order valence-corrected chi connectivity index (χ3v) is 2.75. The summed E-state index contributed by atoms with van der Waals surface area (Å²) in [6, 6.07) is 5.17. The lowest BCUT2D eigenvalue weighted by molar-refractivity contribution is -0.135. The smallest absolute Gasteiger partial charge is 0.260 e. The van der Waals surface area contributed by atoms with Gasteiger partial charge in [0.15, 0.2) is 18.1 Å². The summed E-state index contributed by atoms with van der Waals surface area (Å²) in [6.07, 6.45) is -2.66. The van der Waals surface area contributed by atoms with E-state index in [9.17, 15) is 13.6 Å². The number of ether oxygens (including phenoxy) is 2. The number of rotatable bonds is 8. The van der Waals surface area contributed by atoms with Gasteiger partial charge in [0.05, 0.1) is 20.3 Å². The number of halogens is 2. The highest BCUT2D eigenvalue weighted by molar-refractivity contribution is 5.77. The number of benzene rings is 1. The van der Waals surface area contributed by atoms with E-state index in [-0.39, 0.29) is 13.2 Å². The summed E-state index contributed by atoms with van der Waals surface area (Å²) in [5.41, 5.74) is 0.963. The lowest BCUT2D eigenvalue weighted by Gasteiger charge is -2.21. The number of aliphatic hydroxyl groups excluding tert-OH is 1. The van der Waals surface area contributed by atoms with Crippen molar-refractivity contribution in [1.82, 2.24) is 4.90 Å². The molecule has 0 fully saturated rings. The van der Waals surface area contributed by atoms with Gasteiger partial charge in [0, 0.05) is 6.54 Å². The molecular formula is C14H19F2NO4. The number of alkyl halides is 2. The van der Waals surface area contributed by atoms with E-state index in [0.29, 0.717) is 11.5 Å². The number of carbonyl (C=O) groups is 1. The van der Waals surface area contributed by atoms with Crippen LogP contribution in [-0.4, -0.2) is 55.8 Å². The zero-order valence-corrected chi connectivity index (χ0v) is 12.0. The van der Waals surface area contributed by atoms with Gasteiger partial charge in [0.25, 0.3) is 12.3 Å². The molecule has 0 saturated carbocycles. The first-order valence-electron chi connectivity index (χ1n) is 6.42. The van der Waals surface area contributed by atoms with Gasteiger partial charge in [-0.2, -0.15) is 0 Å². The van der Waals surface area contributed by atoms with Gasteiger partial charge in [0.1, 0.15) is 0 Å². The molecule has 0 aromatic heterocycles. The zero-order chi connectivity index (χ0) is 15.8. The highest BCUT2D eigenvalue weighted by atomic mass is 19.3. The van der Waals surface area contributed by atoms with Crippen LogP contribution in [0.15, 0.2) is 18.2 Å². The van der Waals surface area contributed by atoms with Gasteiger partial charge < -0.3 is 19.5 Å². The Balaban J connectivity index is 2.66. The van der Waals surface area contributed by atoms with E-state index >= 15 is 0 Å². The van der Waals surface area contributed by atoms with E-state index in [2.05, 4.69) is 0 Å². The molecule has 0 heterocycles. The molecule has 1 amide bonds. The second-order valence-electron chi connectivity index (χ2n) is 4.40. The van der Waals surface area contributed by atoms with Crippen molar-refractivity contribution in [2.24, 2.45) is 0 Å². The molecule has 1 rings (SSSR count). The SMILES string of the molecule is COc1cc(C)ccc1OCC(=O)N(CCO)CC(F)F. The van der Waals surface area contributed by atoms with E-state index in [0.717, 1.165) is 10.5 Å². The van der Waals surface area contributed by atoms with Gasteiger partial charge in [-0.15, -0.1) is 0 Å². The Hall–Kier alpha value is -1.89. The minimum absolute atomic E-state index is 0.155. The number of methoxy groups -OCH3 is 1. The maximum atomic E-state index is 12.4. The number of hydrogen-bond donors (Lipinski definition) is 1. The summed E-state index contributed by atoms with van der Waals surface area (Å²) in [7, 11) is 1.47. The largest absolute Gasteiger partial charge is 0.493 e. The van der Waals surface area contributed by atoms with Crippen molar-refractivity contribution >= 4 is 5.91 Å². The molecule has 118 valence electrons. The summed E-state index contributed by atoms with van der Waals surface area (Å²) < 4.78 is 35.1. The summed E-state index contributed by atoms with van der Waals surface area (Å²) >= 11 is 0. The summed E-state index contributed by atoms with van der Waals surface area (Å²) in [4.78, 5) is 12.7. The Morgan fingerprint density at radius 1 is 1.38 bits per heavy atom. The van der Waals surface area contributed by atoms with Crippen LogP contribution >= 0.6 is 0 Å². The van der Waals surface area contributed by atoms with Crippen molar-refractivity contribution in [3.8, 4) is 11.5 Å². The van der Waals surface area contributed by atoms with Crippen LogP contribution < -0.4 is 9.47 Å². The minimum Gasteiger partial charge on any atom is -0.493 e. The van der Waals surface area contributed by atoms with E-state index in [1.54, 1.807) is 18.2 Å². The second-order valence-corrected chi connectivity index (χ2v) is 4.40. The first-order chi connectivity index (χ1) is 9.97. The van der Waals surface area contributed by atoms with Crippen LogP contribution in [0.2, 0.25) is 0 Å². The van der Waals surface area contributed by atoms with Gasteiger partial charge in [0.2, 0.25) is 0 Å². The van der Waals surface area contributed by atoms with E-state index < -0.39 is 25.5 Å². The maximum Gasteiger partial charge on any atom is 0.260 e. The predicted molar refractivity (Wildman–Crippen MR) is 72.9 cm³/mol. The monoisotopic (exact) mass is 303 g/mol. The van der Waals surface area contributed by atoms with Crippen molar-refractivity contribution in [2.75, 3.05) is 33.4 Å². The van der Waals surface area contributed by atoms with E-state index in [1.807, 2.05) is 6.92 Å². The van der Waals surface area contributed by atoms with Crippen LogP contribution in [0.3, 0.4) is 0 Å². The molecule has 5 nitrogen and oxygen atoms in total. The Bertz CT molecular complexity index is 468. The molecule has 0 aliphatic heterocycles. The number of aliphatic hydroxyl groups is 1. The molecular weight excluding hydrogens is 284 g/mol. The van der Waals surface area contributed by atoms with Crippen LogP contribution in [0.4, 0.5) is 8.78 Å². The van der Waals surface area contributed by atoms with Crippen LogP contribution in [0.5, 0.6) is 11.5 Å². The first-order valence-corrected chi connectivity index (χ1v) is 6.42. The fraction of sp³-hybridized carbons (Fsp3) is 0.500. The molecule has 0 spiro atoms.